The van der Waals surface area contributed by atoms with Crippen LogP contribution in [0.3, 0.4) is 0 Å². The number of hydrogen-bond acceptors (Lipinski definition) is 9. The molecule has 0 aromatic heterocycles. The first-order valence-electron chi connectivity index (χ1n) is 8.74. The average molecular weight is 396 g/mol. The molecule has 1 aliphatic rings. The number of aliphatic hydroxyl groups excluding tert-OH is 1. The van der Waals surface area contributed by atoms with Crippen molar-refractivity contribution in [3.63, 3.8) is 0 Å². The fourth-order valence-corrected chi connectivity index (χ4v) is 2.87. The predicted molar refractivity (Wildman–Crippen MR) is 93.6 cm³/mol. The zero-order chi connectivity index (χ0) is 20.7. The van der Waals surface area contributed by atoms with Crippen molar-refractivity contribution >= 4 is 17.9 Å². The molecule has 1 aliphatic heterocycles. The molecule has 0 saturated carbocycles. The lowest BCUT2D eigenvalue weighted by atomic mass is 9.98. The summed E-state index contributed by atoms with van der Waals surface area (Å²) in [4.78, 5) is 34.5. The molecule has 0 spiro atoms. The zero-order valence-electron chi connectivity index (χ0n) is 15.9. The van der Waals surface area contributed by atoms with Crippen molar-refractivity contribution in [2.24, 2.45) is 0 Å². The van der Waals surface area contributed by atoms with Crippen LogP contribution in [0, 0.1) is 0 Å². The quantitative estimate of drug-likeness (QED) is 0.525. The molecular formula is C19H24O9. The van der Waals surface area contributed by atoms with Gasteiger partial charge in [0.05, 0.1) is 13.2 Å². The van der Waals surface area contributed by atoms with E-state index in [2.05, 4.69) is 0 Å². The van der Waals surface area contributed by atoms with Gasteiger partial charge in [-0.3, -0.25) is 14.4 Å². The van der Waals surface area contributed by atoms with Gasteiger partial charge in [0.25, 0.3) is 0 Å². The molecule has 9 heteroatoms. The minimum atomic E-state index is -1.59. The van der Waals surface area contributed by atoms with Crippen LogP contribution in [-0.2, 0) is 44.7 Å². The van der Waals surface area contributed by atoms with Gasteiger partial charge < -0.3 is 28.8 Å². The monoisotopic (exact) mass is 396 g/mol. The molecule has 1 heterocycles. The second-order valence-corrected chi connectivity index (χ2v) is 6.29. The molecule has 28 heavy (non-hydrogen) atoms. The van der Waals surface area contributed by atoms with Gasteiger partial charge in [-0.2, -0.15) is 0 Å². The molecule has 0 aliphatic carbocycles. The Kier molecular flexibility index (Phi) is 7.91. The van der Waals surface area contributed by atoms with Crippen molar-refractivity contribution < 1.29 is 43.2 Å². The molecule has 1 fully saturated rings. The van der Waals surface area contributed by atoms with Crippen LogP contribution in [0.4, 0.5) is 0 Å². The Morgan fingerprint density at radius 2 is 1.43 bits per heavy atom. The van der Waals surface area contributed by atoms with E-state index in [1.165, 1.54) is 6.92 Å². The maximum atomic E-state index is 11.6. The third-order valence-corrected chi connectivity index (χ3v) is 3.91. The van der Waals surface area contributed by atoms with Gasteiger partial charge in [0.1, 0.15) is 6.10 Å². The smallest absolute Gasteiger partial charge is 0.303 e. The number of carbonyl (C=O) groups excluding carboxylic acids is 3. The minimum absolute atomic E-state index is 0.0611. The van der Waals surface area contributed by atoms with Gasteiger partial charge in [0.2, 0.25) is 0 Å². The summed E-state index contributed by atoms with van der Waals surface area (Å²) in [7, 11) is 0. The van der Waals surface area contributed by atoms with Gasteiger partial charge in [-0.1, -0.05) is 30.3 Å². The molecule has 0 radical (unpaired) electrons. The lowest BCUT2D eigenvalue weighted by Gasteiger charge is -2.42. The van der Waals surface area contributed by atoms with E-state index in [0.29, 0.717) is 0 Å². The summed E-state index contributed by atoms with van der Waals surface area (Å²) in [5, 5.41) is 10.3. The fourth-order valence-electron chi connectivity index (χ4n) is 2.87. The van der Waals surface area contributed by atoms with Crippen molar-refractivity contribution in [3.8, 4) is 0 Å². The third kappa shape index (κ3) is 6.29. The SMILES string of the molecule is CC(=O)O[C@@H]1[C@H](OC(C)=O)[C@H](COCc2ccccc2)OC(O)[C@H]1OC(C)=O. The average Bonchev–Trinajstić information content (AvgIpc) is 2.61. The highest BCUT2D eigenvalue weighted by Crippen LogP contribution is 2.28. The topological polar surface area (TPSA) is 118 Å². The van der Waals surface area contributed by atoms with Gasteiger partial charge in [-0.25, -0.2) is 0 Å². The van der Waals surface area contributed by atoms with Crippen LogP contribution >= 0.6 is 0 Å². The Labute approximate surface area is 162 Å². The number of esters is 3. The summed E-state index contributed by atoms with van der Waals surface area (Å²) in [6.07, 6.45) is -6.27. The molecule has 0 bridgehead atoms. The lowest BCUT2D eigenvalue weighted by Crippen LogP contribution is -2.62. The van der Waals surface area contributed by atoms with Crippen LogP contribution < -0.4 is 0 Å². The van der Waals surface area contributed by atoms with Gasteiger partial charge in [0.15, 0.2) is 24.6 Å². The molecule has 2 rings (SSSR count). The number of ether oxygens (including phenoxy) is 5. The maximum Gasteiger partial charge on any atom is 0.303 e. The summed E-state index contributed by atoms with van der Waals surface area (Å²) in [5.41, 5.74) is 0.914. The van der Waals surface area contributed by atoms with Gasteiger partial charge >= 0.3 is 17.9 Å². The fraction of sp³-hybridized carbons (Fsp3) is 0.526. The number of carbonyl (C=O) groups is 3. The first kappa shape index (κ1) is 21.8. The Morgan fingerprint density at radius 1 is 0.893 bits per heavy atom. The number of benzene rings is 1. The Hall–Kier alpha value is -2.49. The summed E-state index contributed by atoms with van der Waals surface area (Å²) in [5.74, 6) is -2.07. The van der Waals surface area contributed by atoms with E-state index < -0.39 is 48.6 Å². The molecule has 0 amide bonds. The lowest BCUT2D eigenvalue weighted by molar-refractivity contribution is -0.297. The molecule has 1 aromatic rings. The first-order valence-corrected chi connectivity index (χ1v) is 8.74. The highest BCUT2D eigenvalue weighted by Gasteiger charge is 2.51. The van der Waals surface area contributed by atoms with E-state index in [9.17, 15) is 19.5 Å². The van der Waals surface area contributed by atoms with E-state index in [4.69, 9.17) is 23.7 Å². The predicted octanol–water partition coefficient (Wildman–Crippen LogP) is 0.715. The second kappa shape index (κ2) is 10.2. The summed E-state index contributed by atoms with van der Waals surface area (Å²) in [6.45, 7) is 3.66. The van der Waals surface area contributed by atoms with Crippen LogP contribution in [0.25, 0.3) is 0 Å². The first-order chi connectivity index (χ1) is 13.3. The van der Waals surface area contributed by atoms with E-state index in [-0.39, 0.29) is 13.2 Å². The summed E-state index contributed by atoms with van der Waals surface area (Å²) >= 11 is 0. The molecule has 9 nitrogen and oxygen atoms in total. The molecule has 1 N–H and O–H groups in total. The van der Waals surface area contributed by atoms with Crippen molar-refractivity contribution in [2.75, 3.05) is 6.61 Å². The van der Waals surface area contributed by atoms with Gasteiger partial charge in [0, 0.05) is 20.8 Å². The van der Waals surface area contributed by atoms with E-state index in [1.807, 2.05) is 30.3 Å². The Morgan fingerprint density at radius 3 is 2.00 bits per heavy atom. The van der Waals surface area contributed by atoms with Crippen LogP contribution in [0.5, 0.6) is 0 Å². The van der Waals surface area contributed by atoms with Crippen LogP contribution in [0.1, 0.15) is 26.3 Å². The molecule has 5 atom stereocenters. The Bertz CT molecular complexity index is 675. The van der Waals surface area contributed by atoms with Gasteiger partial charge in [-0.15, -0.1) is 0 Å². The van der Waals surface area contributed by atoms with Crippen LogP contribution in [0.2, 0.25) is 0 Å². The van der Waals surface area contributed by atoms with Crippen LogP contribution in [0.15, 0.2) is 30.3 Å². The molecule has 1 saturated heterocycles. The summed E-state index contributed by atoms with van der Waals surface area (Å²) < 4.78 is 26.5. The highest BCUT2D eigenvalue weighted by molar-refractivity contribution is 5.68. The van der Waals surface area contributed by atoms with Gasteiger partial charge in [-0.05, 0) is 5.56 Å². The van der Waals surface area contributed by atoms with Crippen LogP contribution in [-0.4, -0.2) is 60.3 Å². The van der Waals surface area contributed by atoms with E-state index in [1.54, 1.807) is 0 Å². The maximum absolute atomic E-state index is 11.6. The van der Waals surface area contributed by atoms with Crippen molar-refractivity contribution in [3.05, 3.63) is 35.9 Å². The molecular weight excluding hydrogens is 372 g/mol. The third-order valence-electron chi connectivity index (χ3n) is 3.91. The number of rotatable bonds is 7. The number of hydrogen-bond donors (Lipinski definition) is 1. The standard InChI is InChI=1S/C19H24O9/c1-11(20)25-16-15(10-24-9-14-7-5-4-6-8-14)28-19(23)18(27-13(3)22)17(16)26-12(2)21/h4-8,15-19,23H,9-10H2,1-3H3/t15-,16+,17+,18-,19?/m0/s1. The van der Waals surface area contributed by atoms with Crippen molar-refractivity contribution in [1.82, 2.24) is 0 Å². The zero-order valence-corrected chi connectivity index (χ0v) is 15.9. The Balaban J connectivity index is 2.16. The highest BCUT2D eigenvalue weighted by atomic mass is 16.7. The minimum Gasteiger partial charge on any atom is -0.456 e. The largest absolute Gasteiger partial charge is 0.456 e. The molecule has 1 unspecified atom stereocenters. The normalized spacial score (nSPS) is 26.9. The summed E-state index contributed by atoms with van der Waals surface area (Å²) in [6, 6.07) is 9.35. The second-order valence-electron chi connectivity index (χ2n) is 6.29. The number of aliphatic hydroxyl groups is 1. The van der Waals surface area contributed by atoms with E-state index in [0.717, 1.165) is 19.4 Å². The molecule has 154 valence electrons. The van der Waals surface area contributed by atoms with Crippen molar-refractivity contribution in [1.29, 1.82) is 0 Å². The van der Waals surface area contributed by atoms with E-state index >= 15 is 0 Å². The molecule has 1 aromatic carbocycles. The van der Waals surface area contributed by atoms with Crippen molar-refractivity contribution in [2.45, 2.75) is 58.1 Å².